The van der Waals surface area contributed by atoms with E-state index in [-0.39, 0.29) is 0 Å². The van der Waals surface area contributed by atoms with Gasteiger partial charge in [-0.05, 0) is 32.8 Å². The van der Waals surface area contributed by atoms with Crippen LogP contribution in [0.3, 0.4) is 0 Å². The molecule has 0 fully saturated rings. The maximum atomic E-state index is 11.0. The van der Waals surface area contributed by atoms with E-state index in [1.807, 2.05) is 13.8 Å². The molecule has 15 heavy (non-hydrogen) atoms. The molecule has 1 heterocycles. The van der Waals surface area contributed by atoms with Crippen LogP contribution in [0.1, 0.15) is 48.6 Å². The number of carboxylic acids is 1. The molecule has 0 aliphatic heterocycles. The average molecular weight is 209 g/mol. The average Bonchev–Trinajstić information content (AvgIpc) is 2.41. The molecule has 0 aromatic carbocycles. The predicted molar refractivity (Wildman–Crippen MR) is 60.4 cm³/mol. The van der Waals surface area contributed by atoms with Crippen molar-refractivity contribution in [2.75, 3.05) is 0 Å². The van der Waals surface area contributed by atoms with Gasteiger partial charge in [0.1, 0.15) is 0 Å². The lowest BCUT2D eigenvalue weighted by Crippen LogP contribution is -2.14. The number of aryl methyl sites for hydroxylation is 1. The van der Waals surface area contributed by atoms with Crippen LogP contribution in [0.25, 0.3) is 0 Å². The van der Waals surface area contributed by atoms with Crippen molar-refractivity contribution in [3.05, 3.63) is 23.0 Å². The number of aromatic carboxylic acids is 1. The van der Waals surface area contributed by atoms with Crippen molar-refractivity contribution in [2.45, 2.75) is 40.7 Å². The summed E-state index contributed by atoms with van der Waals surface area (Å²) in [4.78, 5) is 11.0. The van der Waals surface area contributed by atoms with E-state index in [2.05, 4.69) is 25.3 Å². The Balaban J connectivity index is 3.25. The molecule has 84 valence electrons. The molecule has 3 nitrogen and oxygen atoms in total. The molecule has 1 atom stereocenters. The summed E-state index contributed by atoms with van der Waals surface area (Å²) in [5.74, 6) is -0.346. The quantitative estimate of drug-likeness (QED) is 0.831. The lowest BCUT2D eigenvalue weighted by atomic mass is 10.1. The van der Waals surface area contributed by atoms with Crippen molar-refractivity contribution in [1.29, 1.82) is 0 Å². The van der Waals surface area contributed by atoms with Crippen molar-refractivity contribution in [3.8, 4) is 0 Å². The Hall–Kier alpha value is -1.25. The Labute approximate surface area is 90.7 Å². The first kappa shape index (κ1) is 11.8. The van der Waals surface area contributed by atoms with Crippen molar-refractivity contribution >= 4 is 5.97 Å². The standard InChI is InChI=1S/C12H19NO2/c1-7(2)9(4)13-8(3)6-11(10(13)5)12(14)15/h6-7,9H,1-5H3,(H,14,15). The summed E-state index contributed by atoms with van der Waals surface area (Å²) in [7, 11) is 0. The van der Waals surface area contributed by atoms with E-state index in [0.717, 1.165) is 11.4 Å². The molecule has 0 aliphatic carbocycles. The molecule has 0 spiro atoms. The third-order valence-corrected chi connectivity index (χ3v) is 3.09. The second-order valence-corrected chi connectivity index (χ2v) is 4.44. The molecule has 0 saturated carbocycles. The number of hydrogen-bond donors (Lipinski definition) is 1. The van der Waals surface area contributed by atoms with Gasteiger partial charge in [-0.2, -0.15) is 0 Å². The van der Waals surface area contributed by atoms with Gasteiger partial charge in [0, 0.05) is 17.4 Å². The zero-order valence-corrected chi connectivity index (χ0v) is 10.0. The highest BCUT2D eigenvalue weighted by molar-refractivity contribution is 5.89. The zero-order valence-electron chi connectivity index (χ0n) is 10.0. The highest BCUT2D eigenvalue weighted by Crippen LogP contribution is 2.25. The first-order chi connectivity index (χ1) is 6.86. The summed E-state index contributed by atoms with van der Waals surface area (Å²) in [6.07, 6.45) is 0. The van der Waals surface area contributed by atoms with E-state index in [4.69, 9.17) is 5.11 Å². The van der Waals surface area contributed by atoms with E-state index < -0.39 is 5.97 Å². The SMILES string of the molecule is Cc1cc(C(=O)O)c(C)n1C(C)C(C)C. The Bertz CT molecular complexity index is 377. The van der Waals surface area contributed by atoms with Gasteiger partial charge in [0.15, 0.2) is 0 Å². The second kappa shape index (κ2) is 4.09. The van der Waals surface area contributed by atoms with Crippen LogP contribution in [-0.4, -0.2) is 15.6 Å². The molecule has 0 amide bonds. The Morgan fingerprint density at radius 2 is 1.87 bits per heavy atom. The normalized spacial score (nSPS) is 13.2. The number of rotatable bonds is 3. The smallest absolute Gasteiger partial charge is 0.337 e. The number of aromatic nitrogens is 1. The third kappa shape index (κ3) is 2.06. The van der Waals surface area contributed by atoms with Gasteiger partial charge in [-0.25, -0.2) is 4.79 Å². The van der Waals surface area contributed by atoms with Crippen LogP contribution >= 0.6 is 0 Å². The van der Waals surface area contributed by atoms with Crippen LogP contribution in [-0.2, 0) is 0 Å². The van der Waals surface area contributed by atoms with Crippen LogP contribution in [0.15, 0.2) is 6.07 Å². The van der Waals surface area contributed by atoms with Gasteiger partial charge in [0.25, 0.3) is 0 Å². The van der Waals surface area contributed by atoms with Gasteiger partial charge in [0.05, 0.1) is 5.56 Å². The van der Waals surface area contributed by atoms with Crippen molar-refractivity contribution in [2.24, 2.45) is 5.92 Å². The van der Waals surface area contributed by atoms with E-state index in [9.17, 15) is 4.79 Å². The highest BCUT2D eigenvalue weighted by atomic mass is 16.4. The molecule has 3 heteroatoms. The number of hydrogen-bond acceptors (Lipinski definition) is 1. The topological polar surface area (TPSA) is 42.2 Å². The van der Waals surface area contributed by atoms with Gasteiger partial charge in [-0.1, -0.05) is 13.8 Å². The fraction of sp³-hybridized carbons (Fsp3) is 0.583. The van der Waals surface area contributed by atoms with E-state index in [1.54, 1.807) is 6.07 Å². The highest BCUT2D eigenvalue weighted by Gasteiger charge is 2.19. The molecular weight excluding hydrogens is 190 g/mol. The van der Waals surface area contributed by atoms with Crippen molar-refractivity contribution < 1.29 is 9.90 Å². The molecular formula is C12H19NO2. The summed E-state index contributed by atoms with van der Waals surface area (Å²) in [6.45, 7) is 10.2. The lowest BCUT2D eigenvalue weighted by Gasteiger charge is -2.22. The van der Waals surface area contributed by atoms with E-state index in [1.165, 1.54) is 0 Å². The van der Waals surface area contributed by atoms with Gasteiger partial charge in [0.2, 0.25) is 0 Å². The fourth-order valence-corrected chi connectivity index (χ4v) is 1.92. The molecule has 0 saturated heterocycles. The second-order valence-electron chi connectivity index (χ2n) is 4.44. The molecule has 1 unspecified atom stereocenters. The Morgan fingerprint density at radius 3 is 2.20 bits per heavy atom. The van der Waals surface area contributed by atoms with Gasteiger partial charge in [-0.3, -0.25) is 0 Å². The number of carboxylic acid groups (broad SMARTS) is 1. The minimum absolute atomic E-state index is 0.332. The van der Waals surface area contributed by atoms with Gasteiger partial charge in [-0.15, -0.1) is 0 Å². The van der Waals surface area contributed by atoms with Crippen molar-refractivity contribution in [1.82, 2.24) is 4.57 Å². The number of carbonyl (C=O) groups is 1. The predicted octanol–water partition coefficient (Wildman–Crippen LogP) is 3.02. The van der Waals surface area contributed by atoms with E-state index >= 15 is 0 Å². The Kier molecular flexibility index (Phi) is 3.22. The number of nitrogens with zero attached hydrogens (tertiary/aromatic N) is 1. The summed E-state index contributed by atoms with van der Waals surface area (Å²) in [5.41, 5.74) is 2.28. The fourth-order valence-electron chi connectivity index (χ4n) is 1.92. The lowest BCUT2D eigenvalue weighted by molar-refractivity contribution is 0.0696. The monoisotopic (exact) mass is 209 g/mol. The first-order valence-corrected chi connectivity index (χ1v) is 5.28. The maximum absolute atomic E-state index is 11.0. The molecule has 1 N–H and O–H groups in total. The maximum Gasteiger partial charge on any atom is 0.337 e. The Morgan fingerprint density at radius 1 is 1.33 bits per heavy atom. The van der Waals surface area contributed by atoms with Crippen LogP contribution in [0.2, 0.25) is 0 Å². The summed E-state index contributed by atoms with van der Waals surface area (Å²) < 4.78 is 2.11. The van der Waals surface area contributed by atoms with Gasteiger partial charge < -0.3 is 9.67 Å². The van der Waals surface area contributed by atoms with Crippen molar-refractivity contribution in [3.63, 3.8) is 0 Å². The molecule has 0 bridgehead atoms. The molecule has 1 aromatic heterocycles. The van der Waals surface area contributed by atoms with Gasteiger partial charge >= 0.3 is 5.97 Å². The molecule has 1 aromatic rings. The van der Waals surface area contributed by atoms with E-state index in [0.29, 0.717) is 17.5 Å². The van der Waals surface area contributed by atoms with Crippen LogP contribution < -0.4 is 0 Å². The largest absolute Gasteiger partial charge is 0.478 e. The summed E-state index contributed by atoms with van der Waals surface area (Å²) in [5, 5.41) is 9.01. The zero-order chi connectivity index (χ0) is 11.7. The molecule has 1 rings (SSSR count). The third-order valence-electron chi connectivity index (χ3n) is 3.09. The first-order valence-electron chi connectivity index (χ1n) is 5.28. The molecule has 0 aliphatic rings. The summed E-state index contributed by atoms with van der Waals surface area (Å²) >= 11 is 0. The van der Waals surface area contributed by atoms with Crippen LogP contribution in [0, 0.1) is 19.8 Å². The van der Waals surface area contributed by atoms with Crippen LogP contribution in [0.5, 0.6) is 0 Å². The van der Waals surface area contributed by atoms with Crippen LogP contribution in [0.4, 0.5) is 0 Å². The molecule has 0 radical (unpaired) electrons. The summed E-state index contributed by atoms with van der Waals surface area (Å²) in [6, 6.07) is 2.08. The minimum atomic E-state index is -0.842. The minimum Gasteiger partial charge on any atom is -0.478 e.